The number of likely N-dealkylation sites (tertiary alicyclic amines) is 1. The zero-order chi connectivity index (χ0) is 19.4. The summed E-state index contributed by atoms with van der Waals surface area (Å²) in [6.07, 6.45) is 3.84. The third kappa shape index (κ3) is 5.08. The number of aliphatic carboxylic acids is 1. The topological polar surface area (TPSA) is 77.9 Å². The first-order valence-electron chi connectivity index (χ1n) is 9.77. The van der Waals surface area contributed by atoms with E-state index in [1.165, 1.54) is 17.4 Å². The minimum atomic E-state index is -0.997. The van der Waals surface area contributed by atoms with Crippen LogP contribution in [0.4, 0.5) is 0 Å². The molecule has 1 N–H and O–H groups in total. The summed E-state index contributed by atoms with van der Waals surface area (Å²) in [5.41, 5.74) is 1.32. The van der Waals surface area contributed by atoms with Gasteiger partial charge in [0.15, 0.2) is 0 Å². The second-order valence-corrected chi connectivity index (χ2v) is 7.72. The van der Waals surface area contributed by atoms with Crippen molar-refractivity contribution < 1.29 is 19.5 Å². The summed E-state index contributed by atoms with van der Waals surface area (Å²) < 4.78 is 0. The number of rotatable bonds is 6. The van der Waals surface area contributed by atoms with Gasteiger partial charge >= 0.3 is 5.97 Å². The Bertz CT molecular complexity index is 691. The summed E-state index contributed by atoms with van der Waals surface area (Å²) in [5.74, 6) is -0.0982. The summed E-state index contributed by atoms with van der Waals surface area (Å²) >= 11 is 0. The van der Waals surface area contributed by atoms with Gasteiger partial charge in [-0.05, 0) is 43.1 Å². The number of nitrogens with zero attached hydrogens (tertiary/aromatic N) is 2. The Morgan fingerprint density at radius 3 is 2.56 bits per heavy atom. The molecule has 1 aromatic rings. The molecule has 0 spiro atoms. The molecule has 0 radical (unpaired) electrons. The van der Waals surface area contributed by atoms with Gasteiger partial charge in [0.1, 0.15) is 6.54 Å². The van der Waals surface area contributed by atoms with E-state index in [2.05, 4.69) is 12.1 Å². The average Bonchev–Trinajstić information content (AvgIpc) is 3.43. The van der Waals surface area contributed by atoms with E-state index in [0.717, 1.165) is 19.3 Å². The molecular weight excluding hydrogens is 344 g/mol. The highest BCUT2D eigenvalue weighted by atomic mass is 16.4. The number of carboxylic acid groups (broad SMARTS) is 1. The number of hydrogen-bond donors (Lipinski definition) is 1. The van der Waals surface area contributed by atoms with Crippen molar-refractivity contribution in [1.29, 1.82) is 0 Å². The number of amides is 2. The Balaban J connectivity index is 1.51. The molecule has 6 heteroatoms. The van der Waals surface area contributed by atoms with Crippen LogP contribution in [0.1, 0.15) is 50.5 Å². The van der Waals surface area contributed by atoms with Gasteiger partial charge in [-0.2, -0.15) is 0 Å². The van der Waals surface area contributed by atoms with Gasteiger partial charge in [-0.15, -0.1) is 0 Å². The zero-order valence-corrected chi connectivity index (χ0v) is 15.8. The third-order valence-corrected chi connectivity index (χ3v) is 5.79. The third-order valence-electron chi connectivity index (χ3n) is 5.79. The van der Waals surface area contributed by atoms with Crippen molar-refractivity contribution in [3.05, 3.63) is 35.9 Å². The Kier molecular flexibility index (Phi) is 6.14. The van der Waals surface area contributed by atoms with Gasteiger partial charge in [-0.25, -0.2) is 0 Å². The first-order chi connectivity index (χ1) is 13.0. The van der Waals surface area contributed by atoms with E-state index in [4.69, 9.17) is 5.11 Å². The molecular formula is C21H28N2O4. The van der Waals surface area contributed by atoms with Crippen LogP contribution in [0, 0.1) is 5.92 Å². The highest BCUT2D eigenvalue weighted by molar-refractivity contribution is 5.80. The van der Waals surface area contributed by atoms with Crippen LogP contribution in [0.25, 0.3) is 0 Å². The van der Waals surface area contributed by atoms with Gasteiger partial charge < -0.3 is 14.9 Å². The molecule has 1 aliphatic heterocycles. The molecule has 6 nitrogen and oxygen atoms in total. The molecule has 27 heavy (non-hydrogen) atoms. The molecule has 1 heterocycles. The van der Waals surface area contributed by atoms with Crippen molar-refractivity contribution in [1.82, 2.24) is 9.80 Å². The maximum atomic E-state index is 12.7. The second-order valence-electron chi connectivity index (χ2n) is 7.72. The zero-order valence-electron chi connectivity index (χ0n) is 15.8. The Hall–Kier alpha value is -2.37. The fourth-order valence-electron chi connectivity index (χ4n) is 4.22. The molecule has 1 aliphatic carbocycles. The Labute approximate surface area is 160 Å². The number of carbonyl (C=O) groups excluding carboxylic acids is 2. The van der Waals surface area contributed by atoms with Gasteiger partial charge in [0, 0.05) is 32.5 Å². The number of carbonyl (C=O) groups is 3. The van der Waals surface area contributed by atoms with Crippen LogP contribution in [0.2, 0.25) is 0 Å². The SMILES string of the molecule is CC(=O)N(CC(=O)O)C1CCCN(C(=O)C[C@@H]2C[C@H]2c2ccccc2)CC1. The van der Waals surface area contributed by atoms with Crippen LogP contribution >= 0.6 is 0 Å². The minimum absolute atomic E-state index is 0.102. The monoisotopic (exact) mass is 372 g/mol. The lowest BCUT2D eigenvalue weighted by molar-refractivity contribution is -0.145. The van der Waals surface area contributed by atoms with Gasteiger partial charge in [0.2, 0.25) is 11.8 Å². The van der Waals surface area contributed by atoms with Crippen molar-refractivity contribution in [3.63, 3.8) is 0 Å². The number of benzene rings is 1. The summed E-state index contributed by atoms with van der Waals surface area (Å²) in [4.78, 5) is 38.9. The predicted molar refractivity (Wildman–Crippen MR) is 101 cm³/mol. The number of carboxylic acids is 1. The van der Waals surface area contributed by atoms with E-state index < -0.39 is 5.97 Å². The van der Waals surface area contributed by atoms with E-state index in [0.29, 0.717) is 37.8 Å². The summed E-state index contributed by atoms with van der Waals surface area (Å²) in [5, 5.41) is 9.04. The average molecular weight is 372 g/mol. The van der Waals surface area contributed by atoms with Crippen LogP contribution in [-0.4, -0.2) is 58.4 Å². The molecule has 1 unspecified atom stereocenters. The lowest BCUT2D eigenvalue weighted by atomic mass is 10.1. The van der Waals surface area contributed by atoms with Crippen molar-refractivity contribution in [2.75, 3.05) is 19.6 Å². The minimum Gasteiger partial charge on any atom is -0.480 e. The van der Waals surface area contributed by atoms with Crippen LogP contribution in [0.15, 0.2) is 30.3 Å². The van der Waals surface area contributed by atoms with E-state index in [-0.39, 0.29) is 24.4 Å². The molecule has 2 fully saturated rings. The maximum Gasteiger partial charge on any atom is 0.323 e. The lowest BCUT2D eigenvalue weighted by Crippen LogP contribution is -2.43. The molecule has 146 valence electrons. The van der Waals surface area contributed by atoms with Crippen molar-refractivity contribution in [2.45, 2.75) is 51.0 Å². The lowest BCUT2D eigenvalue weighted by Gasteiger charge is -2.28. The molecule has 3 atom stereocenters. The molecule has 0 bridgehead atoms. The van der Waals surface area contributed by atoms with Crippen molar-refractivity contribution in [3.8, 4) is 0 Å². The first kappa shape index (κ1) is 19.4. The summed E-state index contributed by atoms with van der Waals surface area (Å²) in [6.45, 7) is 2.43. The highest BCUT2D eigenvalue weighted by Gasteiger charge is 2.40. The predicted octanol–water partition coefficient (Wildman–Crippen LogP) is 2.49. The molecule has 3 rings (SSSR count). The molecule has 1 saturated heterocycles. The van der Waals surface area contributed by atoms with Crippen LogP contribution < -0.4 is 0 Å². The van der Waals surface area contributed by atoms with E-state index in [9.17, 15) is 14.4 Å². The van der Waals surface area contributed by atoms with Gasteiger partial charge in [-0.1, -0.05) is 30.3 Å². The largest absolute Gasteiger partial charge is 0.480 e. The number of hydrogen-bond acceptors (Lipinski definition) is 3. The first-order valence-corrected chi connectivity index (χ1v) is 9.77. The fraction of sp³-hybridized carbons (Fsp3) is 0.571. The van der Waals surface area contributed by atoms with Gasteiger partial charge in [0.25, 0.3) is 0 Å². The summed E-state index contributed by atoms with van der Waals surface area (Å²) in [7, 11) is 0. The van der Waals surface area contributed by atoms with E-state index >= 15 is 0 Å². The molecule has 1 aromatic carbocycles. The van der Waals surface area contributed by atoms with Crippen LogP contribution in [-0.2, 0) is 14.4 Å². The van der Waals surface area contributed by atoms with Gasteiger partial charge in [0.05, 0.1) is 0 Å². The smallest absolute Gasteiger partial charge is 0.323 e. The molecule has 0 aromatic heterocycles. The Morgan fingerprint density at radius 2 is 1.89 bits per heavy atom. The highest BCUT2D eigenvalue weighted by Crippen LogP contribution is 2.49. The molecule has 1 saturated carbocycles. The van der Waals surface area contributed by atoms with Crippen molar-refractivity contribution in [2.24, 2.45) is 5.92 Å². The normalized spacial score (nSPS) is 24.8. The van der Waals surface area contributed by atoms with Gasteiger partial charge in [-0.3, -0.25) is 14.4 Å². The van der Waals surface area contributed by atoms with E-state index in [1.807, 2.05) is 23.1 Å². The quantitative estimate of drug-likeness (QED) is 0.832. The maximum absolute atomic E-state index is 12.7. The molecule has 2 amide bonds. The second kappa shape index (κ2) is 8.55. The van der Waals surface area contributed by atoms with Crippen molar-refractivity contribution >= 4 is 17.8 Å². The van der Waals surface area contributed by atoms with Crippen LogP contribution in [0.5, 0.6) is 0 Å². The fourth-order valence-corrected chi connectivity index (χ4v) is 4.22. The Morgan fingerprint density at radius 1 is 1.15 bits per heavy atom. The standard InChI is InChI=1S/C21H28N2O4/c1-15(24)23(14-21(26)27)18-8-5-10-22(11-9-18)20(25)13-17-12-19(17)16-6-3-2-4-7-16/h2-4,6-7,17-19H,5,8-14H2,1H3,(H,26,27)/t17-,18?,19-/m0/s1. The summed E-state index contributed by atoms with van der Waals surface area (Å²) in [6, 6.07) is 10.2. The molecule has 2 aliphatic rings. The van der Waals surface area contributed by atoms with E-state index in [1.54, 1.807) is 0 Å². The van der Waals surface area contributed by atoms with Crippen LogP contribution in [0.3, 0.4) is 0 Å².